The number of aromatic carboxylic acids is 1. The van der Waals surface area contributed by atoms with Gasteiger partial charge in [0.1, 0.15) is 5.52 Å². The van der Waals surface area contributed by atoms with Gasteiger partial charge in [-0.05, 0) is 49.3 Å². The third-order valence-corrected chi connectivity index (χ3v) is 6.87. The molecule has 1 fully saturated rings. The van der Waals surface area contributed by atoms with Gasteiger partial charge in [0.05, 0.1) is 12.1 Å². The van der Waals surface area contributed by atoms with E-state index < -0.39 is 23.5 Å². The Morgan fingerprint density at radius 2 is 1.79 bits per heavy atom. The number of anilines is 2. The summed E-state index contributed by atoms with van der Waals surface area (Å²) >= 11 is 0. The van der Waals surface area contributed by atoms with Crippen LogP contribution in [0, 0.1) is 11.8 Å². The van der Waals surface area contributed by atoms with Crippen molar-refractivity contribution in [3.63, 3.8) is 0 Å². The third-order valence-electron chi connectivity index (χ3n) is 6.87. The molecule has 0 radical (unpaired) electrons. The molecular weight excluding hydrogens is 501 g/mol. The lowest BCUT2D eigenvalue weighted by atomic mass is 9.80. The molecule has 1 atom stereocenters. The molecule has 1 aromatic carbocycles. The molecule has 1 amide bonds. The van der Waals surface area contributed by atoms with Crippen molar-refractivity contribution in [2.75, 3.05) is 17.3 Å². The van der Waals surface area contributed by atoms with Crippen LogP contribution in [0.3, 0.4) is 0 Å². The van der Waals surface area contributed by atoms with Gasteiger partial charge in [-0.1, -0.05) is 32.4 Å². The number of benzene rings is 1. The van der Waals surface area contributed by atoms with Gasteiger partial charge in [0, 0.05) is 19.5 Å². The van der Waals surface area contributed by atoms with Crippen LogP contribution in [0.15, 0.2) is 24.3 Å². The van der Waals surface area contributed by atoms with Crippen molar-refractivity contribution in [2.45, 2.75) is 65.2 Å². The van der Waals surface area contributed by atoms with E-state index in [4.69, 9.17) is 0 Å². The molecule has 3 aromatic rings. The lowest BCUT2D eigenvalue weighted by Gasteiger charge is -2.32. The quantitative estimate of drug-likeness (QED) is 0.389. The minimum Gasteiger partial charge on any atom is -0.475 e. The van der Waals surface area contributed by atoms with Crippen molar-refractivity contribution in [3.05, 3.63) is 41.2 Å². The highest BCUT2D eigenvalue weighted by Crippen LogP contribution is 2.34. The van der Waals surface area contributed by atoms with Crippen molar-refractivity contribution in [1.29, 1.82) is 0 Å². The summed E-state index contributed by atoms with van der Waals surface area (Å²) in [5, 5.41) is 12.9. The summed E-state index contributed by atoms with van der Waals surface area (Å²) in [5.74, 6) is -1.06. The Kier molecular flexibility index (Phi) is 7.61. The predicted molar refractivity (Wildman–Crippen MR) is 136 cm³/mol. The molecule has 0 saturated heterocycles. The van der Waals surface area contributed by atoms with Crippen LogP contribution in [0.5, 0.6) is 0 Å². The van der Waals surface area contributed by atoms with E-state index in [2.05, 4.69) is 20.3 Å². The molecule has 2 heterocycles. The molecule has 1 aliphatic rings. The van der Waals surface area contributed by atoms with Gasteiger partial charge < -0.3 is 15.0 Å². The second-order valence-corrected chi connectivity index (χ2v) is 10.2. The topological polar surface area (TPSA) is 113 Å². The van der Waals surface area contributed by atoms with Crippen molar-refractivity contribution in [1.82, 2.24) is 19.5 Å². The fraction of sp³-hybridized carbons (Fsp3) is 0.500. The van der Waals surface area contributed by atoms with Crippen molar-refractivity contribution in [2.24, 2.45) is 11.8 Å². The summed E-state index contributed by atoms with van der Waals surface area (Å²) in [6, 6.07) is 4.72. The largest absolute Gasteiger partial charge is 0.475 e. The van der Waals surface area contributed by atoms with Crippen LogP contribution in [0.4, 0.5) is 24.9 Å². The number of alkyl halides is 3. The molecule has 0 spiro atoms. The van der Waals surface area contributed by atoms with Gasteiger partial charge in [0.15, 0.2) is 11.5 Å². The van der Waals surface area contributed by atoms with E-state index in [0.29, 0.717) is 17.0 Å². The zero-order chi connectivity index (χ0) is 27.8. The first-order chi connectivity index (χ1) is 17.8. The average Bonchev–Trinajstić information content (AvgIpc) is 3.15. The first-order valence-electron chi connectivity index (χ1n) is 12.6. The molecule has 204 valence electrons. The molecule has 0 bridgehead atoms. The molecule has 0 unspecified atom stereocenters. The van der Waals surface area contributed by atoms with Gasteiger partial charge in [0.2, 0.25) is 17.7 Å². The normalized spacial score (nSPS) is 14.9. The lowest BCUT2D eigenvalue weighted by molar-refractivity contribution is -0.137. The number of rotatable bonds is 9. The predicted octanol–water partition coefficient (Wildman–Crippen LogP) is 5.20. The van der Waals surface area contributed by atoms with Gasteiger partial charge in [-0.25, -0.2) is 14.8 Å². The summed E-state index contributed by atoms with van der Waals surface area (Å²) in [4.78, 5) is 39.0. The first-order valence-corrected chi connectivity index (χ1v) is 12.6. The number of hydrogen-bond donors (Lipinski definition) is 2. The van der Waals surface area contributed by atoms with E-state index >= 15 is 0 Å². The Hall–Kier alpha value is -3.70. The highest BCUT2D eigenvalue weighted by Gasteiger charge is 2.31. The molecule has 0 aliphatic heterocycles. The molecule has 4 rings (SSSR count). The van der Waals surface area contributed by atoms with Crippen LogP contribution in [0.2, 0.25) is 0 Å². The van der Waals surface area contributed by atoms with E-state index in [1.54, 1.807) is 11.6 Å². The van der Waals surface area contributed by atoms with E-state index in [1.165, 1.54) is 17.0 Å². The Bertz CT molecular complexity index is 1330. The summed E-state index contributed by atoms with van der Waals surface area (Å²) in [5.41, 5.74) is 0.211. The fourth-order valence-electron chi connectivity index (χ4n) is 4.48. The number of carbonyl (C=O) groups excluding carboxylic acids is 1. The molecule has 2 aromatic heterocycles. The maximum atomic E-state index is 13.1. The number of halogens is 3. The highest BCUT2D eigenvalue weighted by atomic mass is 19.4. The molecule has 12 heteroatoms. The number of nitrogens with zero attached hydrogens (tertiary/aromatic N) is 5. The Labute approximate surface area is 218 Å². The lowest BCUT2D eigenvalue weighted by Crippen LogP contribution is -2.32. The van der Waals surface area contributed by atoms with Crippen LogP contribution in [-0.4, -0.2) is 49.6 Å². The second-order valence-electron chi connectivity index (χ2n) is 10.2. The van der Waals surface area contributed by atoms with Gasteiger partial charge >= 0.3 is 12.1 Å². The Balaban J connectivity index is 1.86. The molecule has 1 saturated carbocycles. The van der Waals surface area contributed by atoms with Crippen LogP contribution < -0.4 is 10.2 Å². The van der Waals surface area contributed by atoms with Crippen LogP contribution in [0.25, 0.3) is 11.2 Å². The minimum atomic E-state index is -4.47. The molecule has 38 heavy (non-hydrogen) atoms. The number of amides is 1. The highest BCUT2D eigenvalue weighted by molar-refractivity contribution is 5.96. The molecular formula is C26H31F3N6O3. The Morgan fingerprint density at radius 3 is 2.32 bits per heavy atom. The summed E-state index contributed by atoms with van der Waals surface area (Å²) in [6.07, 6.45) is -1.02. The number of aromatic nitrogens is 4. The smallest absolute Gasteiger partial charge is 0.416 e. The van der Waals surface area contributed by atoms with Gasteiger partial charge in [-0.15, -0.1) is 0 Å². The molecule has 9 nitrogen and oxygen atoms in total. The SMILES string of the molecule is CC(C)CC(=O)N(C)c1nc2nc(C(=O)O)nc(N[C@H](C)C3CCC3)c2n1Cc1ccc(C(F)(F)F)cc1. The average molecular weight is 533 g/mol. The maximum Gasteiger partial charge on any atom is 0.416 e. The van der Waals surface area contributed by atoms with E-state index in [-0.39, 0.29) is 48.2 Å². The van der Waals surface area contributed by atoms with Gasteiger partial charge in [-0.3, -0.25) is 9.69 Å². The minimum absolute atomic E-state index is 0.0123. The number of imidazole rings is 1. The van der Waals surface area contributed by atoms with Gasteiger partial charge in [-0.2, -0.15) is 18.2 Å². The molecule has 2 N–H and O–H groups in total. The van der Waals surface area contributed by atoms with E-state index in [9.17, 15) is 27.9 Å². The van der Waals surface area contributed by atoms with Crippen LogP contribution in [0.1, 0.15) is 68.2 Å². The number of carbonyl (C=O) groups is 2. The zero-order valence-electron chi connectivity index (χ0n) is 21.7. The van der Waals surface area contributed by atoms with Crippen molar-refractivity contribution < 1.29 is 27.9 Å². The summed E-state index contributed by atoms with van der Waals surface area (Å²) < 4.78 is 41.0. The standard InChI is InChI=1S/C26H31F3N6O3/c1-14(2)12-19(36)34(4)25-33-22-20(35(25)13-16-8-10-18(11-9-16)26(27,28)29)21(31-23(32-22)24(37)38)30-15(3)17-6-5-7-17/h8-11,14-15,17H,5-7,12-13H2,1-4H3,(H,37,38)(H,30,31,32)/t15-/m1/s1. The van der Waals surface area contributed by atoms with E-state index in [0.717, 1.165) is 31.4 Å². The maximum absolute atomic E-state index is 13.1. The van der Waals surface area contributed by atoms with Crippen molar-refractivity contribution in [3.8, 4) is 0 Å². The van der Waals surface area contributed by atoms with Gasteiger partial charge in [0.25, 0.3) is 0 Å². The van der Waals surface area contributed by atoms with Crippen LogP contribution in [-0.2, 0) is 17.5 Å². The van der Waals surface area contributed by atoms with Crippen molar-refractivity contribution >= 4 is 34.8 Å². The fourth-order valence-corrected chi connectivity index (χ4v) is 4.48. The number of fused-ring (bicyclic) bond motifs is 1. The first kappa shape index (κ1) is 27.3. The molecule has 1 aliphatic carbocycles. The second kappa shape index (κ2) is 10.6. The van der Waals surface area contributed by atoms with E-state index in [1.807, 2.05) is 20.8 Å². The number of carboxylic acid groups (broad SMARTS) is 1. The summed E-state index contributed by atoms with van der Waals surface area (Å²) in [6.45, 7) is 5.87. The number of hydrogen-bond acceptors (Lipinski definition) is 6. The number of nitrogens with one attached hydrogen (secondary N) is 1. The Morgan fingerprint density at radius 1 is 1.13 bits per heavy atom. The third kappa shape index (κ3) is 5.73. The van der Waals surface area contributed by atoms with Crippen LogP contribution >= 0.6 is 0 Å². The number of carboxylic acids is 1. The summed E-state index contributed by atoms with van der Waals surface area (Å²) in [7, 11) is 1.56. The zero-order valence-corrected chi connectivity index (χ0v) is 21.7. The monoisotopic (exact) mass is 532 g/mol.